The molecule has 0 atom stereocenters. The maximum Gasteiger partial charge on any atom is 0.0399 e. The number of hydrogen-bond acceptors (Lipinski definition) is 1. The van der Waals surface area contributed by atoms with Crippen LogP contribution in [-0.2, 0) is 5.41 Å². The molecule has 0 fully saturated rings. The molecule has 0 unspecified atom stereocenters. The first-order valence-corrected chi connectivity index (χ1v) is 18.3. The highest BCUT2D eigenvalue weighted by Crippen LogP contribution is 2.56. The Morgan fingerprint density at radius 2 is 0.880 bits per heavy atom. The van der Waals surface area contributed by atoms with Crippen molar-refractivity contribution in [2.75, 3.05) is 0 Å². The molecule has 1 heteroatoms. The number of fused-ring (bicyclic) bond motifs is 7. The van der Waals surface area contributed by atoms with Crippen LogP contribution < -0.4 is 0 Å². The second-order valence-corrected chi connectivity index (χ2v) is 15.1. The standard InChI is InChI=1S/C49H34S/c1-49(2)43-30-34(27-28-41(43)48-47(49)42-25-12-13-26-44(42)50-48)46-39-23-10-8-21-37(39)45(38-22-9-11-24-40(38)46)33-18-14-17-32(29-33)36-20-7-6-19-35(36)31-15-4-3-5-16-31/h3-30H,1-2H3. The molecule has 0 spiro atoms. The van der Waals surface area contributed by atoms with E-state index in [0.717, 1.165) is 0 Å². The molecule has 1 aliphatic rings. The topological polar surface area (TPSA) is 0 Å². The molecule has 0 bridgehead atoms. The molecule has 0 amide bonds. The Morgan fingerprint density at radius 3 is 1.54 bits per heavy atom. The van der Waals surface area contributed by atoms with E-state index in [-0.39, 0.29) is 5.41 Å². The van der Waals surface area contributed by atoms with Crippen LogP contribution in [0.3, 0.4) is 0 Å². The van der Waals surface area contributed by atoms with Gasteiger partial charge in [-0.2, -0.15) is 0 Å². The molecule has 1 aliphatic carbocycles. The third-order valence-corrected chi connectivity index (χ3v) is 12.1. The minimum Gasteiger partial charge on any atom is -0.135 e. The maximum atomic E-state index is 2.49. The Kier molecular flexibility index (Phi) is 6.50. The molecule has 0 N–H and O–H groups in total. The van der Waals surface area contributed by atoms with Gasteiger partial charge in [-0.25, -0.2) is 0 Å². The number of benzene rings is 8. The zero-order valence-electron chi connectivity index (χ0n) is 28.1. The molecular formula is C49H34S. The summed E-state index contributed by atoms with van der Waals surface area (Å²) in [6, 6.07) is 62.8. The van der Waals surface area contributed by atoms with Crippen molar-refractivity contribution in [1.29, 1.82) is 0 Å². The summed E-state index contributed by atoms with van der Waals surface area (Å²) >= 11 is 1.94. The van der Waals surface area contributed by atoms with Gasteiger partial charge in [0.05, 0.1) is 0 Å². The lowest BCUT2D eigenvalue weighted by molar-refractivity contribution is 0.667. The van der Waals surface area contributed by atoms with Crippen LogP contribution in [0.1, 0.15) is 25.0 Å². The van der Waals surface area contributed by atoms with Crippen molar-refractivity contribution in [3.63, 3.8) is 0 Å². The van der Waals surface area contributed by atoms with E-state index >= 15 is 0 Å². The molecule has 10 rings (SSSR count). The first kappa shape index (κ1) is 29.2. The lowest BCUT2D eigenvalue weighted by Gasteiger charge is -2.23. The average Bonchev–Trinajstić information content (AvgIpc) is 3.67. The lowest BCUT2D eigenvalue weighted by atomic mass is 9.79. The molecular weight excluding hydrogens is 621 g/mol. The highest BCUT2D eigenvalue weighted by Gasteiger charge is 2.39. The van der Waals surface area contributed by atoms with Gasteiger partial charge in [-0.3, -0.25) is 0 Å². The van der Waals surface area contributed by atoms with Crippen LogP contribution >= 0.6 is 11.3 Å². The van der Waals surface area contributed by atoms with Crippen molar-refractivity contribution >= 4 is 43.0 Å². The summed E-state index contributed by atoms with van der Waals surface area (Å²) in [5, 5.41) is 6.52. The van der Waals surface area contributed by atoms with Crippen molar-refractivity contribution in [2.45, 2.75) is 19.3 Å². The summed E-state index contributed by atoms with van der Waals surface area (Å²) in [4.78, 5) is 1.43. The predicted octanol–water partition coefficient (Wildman–Crippen LogP) is 14.2. The van der Waals surface area contributed by atoms with Crippen LogP contribution in [-0.4, -0.2) is 0 Å². The van der Waals surface area contributed by atoms with Crippen molar-refractivity contribution in [3.05, 3.63) is 181 Å². The predicted molar refractivity (Wildman–Crippen MR) is 216 cm³/mol. The normalized spacial score (nSPS) is 13.2. The summed E-state index contributed by atoms with van der Waals surface area (Å²) in [7, 11) is 0. The van der Waals surface area contributed by atoms with Crippen molar-refractivity contribution < 1.29 is 0 Å². The Hall–Kier alpha value is -5.76. The highest BCUT2D eigenvalue weighted by molar-refractivity contribution is 7.22. The molecule has 0 aliphatic heterocycles. The fourth-order valence-corrected chi connectivity index (χ4v) is 10.0. The van der Waals surface area contributed by atoms with Gasteiger partial charge in [0.2, 0.25) is 0 Å². The second kappa shape index (κ2) is 11.1. The molecule has 236 valence electrons. The summed E-state index contributed by atoms with van der Waals surface area (Å²) in [5.74, 6) is 0. The Morgan fingerprint density at radius 1 is 0.380 bits per heavy atom. The number of hydrogen-bond donors (Lipinski definition) is 0. The number of rotatable bonds is 4. The molecule has 50 heavy (non-hydrogen) atoms. The summed E-state index contributed by atoms with van der Waals surface area (Å²) in [6.45, 7) is 4.81. The van der Waals surface area contributed by atoms with Crippen molar-refractivity contribution in [3.8, 4) is 54.9 Å². The monoisotopic (exact) mass is 654 g/mol. The van der Waals surface area contributed by atoms with E-state index in [4.69, 9.17) is 0 Å². The zero-order chi connectivity index (χ0) is 33.4. The highest BCUT2D eigenvalue weighted by atomic mass is 32.1. The molecule has 0 radical (unpaired) electrons. The van der Waals surface area contributed by atoms with E-state index in [2.05, 4.69) is 184 Å². The molecule has 8 aromatic carbocycles. The quantitative estimate of drug-likeness (QED) is 0.166. The number of thiophene rings is 1. The van der Waals surface area contributed by atoms with Gasteiger partial charge >= 0.3 is 0 Å². The Bertz CT molecular complexity index is 2720. The van der Waals surface area contributed by atoms with Gasteiger partial charge in [0.1, 0.15) is 0 Å². The van der Waals surface area contributed by atoms with Gasteiger partial charge < -0.3 is 0 Å². The molecule has 1 aromatic heterocycles. The van der Waals surface area contributed by atoms with Crippen LogP contribution in [0.2, 0.25) is 0 Å². The van der Waals surface area contributed by atoms with E-state index in [1.54, 1.807) is 0 Å². The van der Waals surface area contributed by atoms with Gasteiger partial charge in [0.15, 0.2) is 0 Å². The van der Waals surface area contributed by atoms with Crippen molar-refractivity contribution in [2.24, 2.45) is 0 Å². The van der Waals surface area contributed by atoms with Gasteiger partial charge in [-0.15, -0.1) is 11.3 Å². The fourth-order valence-electron chi connectivity index (χ4n) is 8.60. The van der Waals surface area contributed by atoms with Crippen LogP contribution in [0, 0.1) is 0 Å². The third kappa shape index (κ3) is 4.30. The molecule has 1 heterocycles. The van der Waals surface area contributed by atoms with E-state index in [0.29, 0.717) is 0 Å². The largest absolute Gasteiger partial charge is 0.135 e. The summed E-state index contributed by atoms with van der Waals surface area (Å²) in [6.07, 6.45) is 0. The maximum absolute atomic E-state index is 2.49. The second-order valence-electron chi connectivity index (χ2n) is 14.0. The van der Waals surface area contributed by atoms with Crippen molar-refractivity contribution in [1.82, 2.24) is 0 Å². The minimum absolute atomic E-state index is 0.0810. The SMILES string of the molecule is CC1(C)c2cc(-c3c4ccccc4c(-c4cccc(-c5ccccc5-c5ccccc5)c4)c4ccccc34)ccc2-c2sc3ccccc3c21. The zero-order valence-corrected chi connectivity index (χ0v) is 28.9. The van der Waals surface area contributed by atoms with E-state index < -0.39 is 0 Å². The van der Waals surface area contributed by atoms with E-state index in [9.17, 15) is 0 Å². The smallest absolute Gasteiger partial charge is 0.0399 e. The van der Waals surface area contributed by atoms with Crippen LogP contribution in [0.5, 0.6) is 0 Å². The molecule has 0 saturated carbocycles. The van der Waals surface area contributed by atoms with E-state index in [1.807, 2.05) is 11.3 Å². The Labute approximate surface area is 296 Å². The van der Waals surface area contributed by atoms with Crippen LogP contribution in [0.15, 0.2) is 170 Å². The minimum atomic E-state index is -0.0810. The summed E-state index contributed by atoms with van der Waals surface area (Å²) < 4.78 is 1.38. The van der Waals surface area contributed by atoms with Crippen LogP contribution in [0.4, 0.5) is 0 Å². The van der Waals surface area contributed by atoms with E-state index in [1.165, 1.54) is 97.7 Å². The lowest BCUT2D eigenvalue weighted by Crippen LogP contribution is -2.15. The summed E-state index contributed by atoms with van der Waals surface area (Å²) in [5.41, 5.74) is 14.2. The Balaban J connectivity index is 1.18. The fraction of sp³-hybridized carbons (Fsp3) is 0.0612. The average molecular weight is 655 g/mol. The first-order valence-electron chi connectivity index (χ1n) is 17.4. The first-order chi connectivity index (χ1) is 24.6. The third-order valence-electron chi connectivity index (χ3n) is 10.9. The van der Waals surface area contributed by atoms with Crippen LogP contribution in [0.25, 0.3) is 86.6 Å². The van der Waals surface area contributed by atoms with Gasteiger partial charge in [-0.1, -0.05) is 166 Å². The molecule has 0 nitrogen and oxygen atoms in total. The van der Waals surface area contributed by atoms with Gasteiger partial charge in [0, 0.05) is 15.0 Å². The molecule has 9 aromatic rings. The van der Waals surface area contributed by atoms with Gasteiger partial charge in [0.25, 0.3) is 0 Å². The molecule has 0 saturated heterocycles. The van der Waals surface area contributed by atoms with Gasteiger partial charge in [-0.05, 0) is 106 Å².